The molecule has 0 N–H and O–H groups in total. The summed E-state index contributed by atoms with van der Waals surface area (Å²) < 4.78 is 13.9. The first-order chi connectivity index (χ1) is 29.7. The van der Waals surface area contributed by atoms with Crippen LogP contribution in [0.25, 0.3) is 98.0 Å². The molecular weight excluding hydrogens is 753 g/mol. The summed E-state index contributed by atoms with van der Waals surface area (Å²) in [6.45, 7) is 0. The Hall–Kier alpha value is -7.73. The number of aromatic nitrogens is 1. The van der Waals surface area contributed by atoms with Gasteiger partial charge in [-0.15, -0.1) is 11.3 Å². The molecule has 0 amide bonds. The number of fused-ring (bicyclic) bond motifs is 8. The molecule has 0 spiro atoms. The third-order valence-electron chi connectivity index (χ3n) is 11.5. The summed E-state index contributed by atoms with van der Waals surface area (Å²) in [5.74, 6) is 0. The second-order valence-corrected chi connectivity index (χ2v) is 16.1. The number of thiazole rings is 1. The maximum atomic E-state index is 6.49. The van der Waals surface area contributed by atoms with Crippen molar-refractivity contribution in [3.05, 3.63) is 206 Å². The Morgan fingerprint density at radius 1 is 0.367 bits per heavy atom. The molecule has 0 bridgehead atoms. The number of furan rings is 2. The van der Waals surface area contributed by atoms with Gasteiger partial charge in [-0.3, -0.25) is 0 Å². The van der Waals surface area contributed by atoms with Crippen LogP contribution in [0.2, 0.25) is 0 Å². The molecule has 0 atom stereocenters. The van der Waals surface area contributed by atoms with E-state index in [1.165, 1.54) is 11.1 Å². The molecule has 0 aliphatic carbocycles. The van der Waals surface area contributed by atoms with Gasteiger partial charge in [0.2, 0.25) is 0 Å². The average molecular weight is 787 g/mol. The molecule has 0 radical (unpaired) electrons. The largest absolute Gasteiger partial charge is 0.456 e. The van der Waals surface area contributed by atoms with Gasteiger partial charge in [-0.05, 0) is 106 Å². The standard InChI is InChI=1S/C55H34N2O2S/c1-3-10-35(11-4-1)36-18-25-41(26-19-36)57(43-29-22-38(23-30-43)44-15-9-17-48-52(44)45-14-7-8-16-47(45)58-48)42-27-20-37(21-28-42)40-24-31-46-50(34-40)59-49-32-33-51-54(53(46)49)56-55(60-51)39-12-5-2-6-13-39/h1-34H. The lowest BCUT2D eigenvalue weighted by atomic mass is 9.99. The van der Waals surface area contributed by atoms with Gasteiger partial charge in [0.25, 0.3) is 0 Å². The third-order valence-corrected chi connectivity index (χ3v) is 12.6. The van der Waals surface area contributed by atoms with Crippen molar-refractivity contribution in [3.8, 4) is 44.0 Å². The van der Waals surface area contributed by atoms with Gasteiger partial charge < -0.3 is 13.7 Å². The van der Waals surface area contributed by atoms with Gasteiger partial charge in [-0.2, -0.15) is 0 Å². The van der Waals surface area contributed by atoms with Gasteiger partial charge in [-0.1, -0.05) is 133 Å². The van der Waals surface area contributed by atoms with E-state index < -0.39 is 0 Å². The fourth-order valence-corrected chi connectivity index (χ4v) is 9.60. The Kier molecular flexibility index (Phi) is 8.00. The summed E-state index contributed by atoms with van der Waals surface area (Å²) in [6.07, 6.45) is 0. The minimum Gasteiger partial charge on any atom is -0.456 e. The van der Waals surface area contributed by atoms with Crippen molar-refractivity contribution >= 4 is 82.5 Å². The molecular formula is C55H34N2O2S. The number of rotatable bonds is 7. The summed E-state index contributed by atoms with van der Waals surface area (Å²) in [7, 11) is 0. The lowest BCUT2D eigenvalue weighted by molar-refractivity contribution is 0.668. The molecule has 0 unspecified atom stereocenters. The Labute approximate surface area is 349 Å². The minimum absolute atomic E-state index is 0.852. The van der Waals surface area contributed by atoms with Crippen LogP contribution in [0, 0.1) is 0 Å². The van der Waals surface area contributed by atoms with Crippen LogP contribution in [0.1, 0.15) is 0 Å². The number of benzene rings is 9. The average Bonchev–Trinajstić information content (AvgIpc) is 4.04. The van der Waals surface area contributed by atoms with Crippen molar-refractivity contribution in [2.45, 2.75) is 0 Å². The molecule has 0 saturated heterocycles. The van der Waals surface area contributed by atoms with E-state index >= 15 is 0 Å². The van der Waals surface area contributed by atoms with E-state index in [2.05, 4.69) is 187 Å². The van der Waals surface area contributed by atoms with Crippen LogP contribution < -0.4 is 4.90 Å². The number of hydrogen-bond acceptors (Lipinski definition) is 5. The van der Waals surface area contributed by atoms with Crippen molar-refractivity contribution in [2.24, 2.45) is 0 Å². The molecule has 0 saturated carbocycles. The van der Waals surface area contributed by atoms with Crippen molar-refractivity contribution in [1.82, 2.24) is 4.98 Å². The number of para-hydroxylation sites is 1. The summed E-state index contributed by atoms with van der Waals surface area (Å²) in [6, 6.07) is 72.7. The van der Waals surface area contributed by atoms with Crippen LogP contribution in [0.15, 0.2) is 215 Å². The van der Waals surface area contributed by atoms with Crippen molar-refractivity contribution < 1.29 is 8.83 Å². The molecule has 5 heteroatoms. The predicted molar refractivity (Wildman–Crippen MR) is 251 cm³/mol. The Morgan fingerprint density at radius 3 is 1.62 bits per heavy atom. The minimum atomic E-state index is 0.852. The highest BCUT2D eigenvalue weighted by molar-refractivity contribution is 7.21. The molecule has 4 nitrogen and oxygen atoms in total. The molecule has 3 heterocycles. The van der Waals surface area contributed by atoms with E-state index in [1.54, 1.807) is 11.3 Å². The van der Waals surface area contributed by atoms with Gasteiger partial charge >= 0.3 is 0 Å². The molecule has 282 valence electrons. The summed E-state index contributed by atoms with van der Waals surface area (Å²) in [5, 5.41) is 5.42. The topological polar surface area (TPSA) is 42.4 Å². The number of hydrogen-bond donors (Lipinski definition) is 0. The first kappa shape index (κ1) is 34.3. The second kappa shape index (κ2) is 14.0. The molecule has 12 rings (SSSR count). The predicted octanol–water partition coefficient (Wildman–Crippen LogP) is 16.2. The SMILES string of the molecule is c1ccc(-c2ccc(N(c3ccc(-c4ccc5c(c4)oc4ccc6sc(-c7ccccc7)nc6c45)cc3)c3ccc(-c4cccc5oc6ccccc6c45)cc3)cc2)cc1. The molecule has 12 aromatic rings. The highest BCUT2D eigenvalue weighted by atomic mass is 32.1. The first-order valence-corrected chi connectivity index (χ1v) is 20.9. The van der Waals surface area contributed by atoms with Crippen LogP contribution in [-0.4, -0.2) is 4.98 Å². The van der Waals surface area contributed by atoms with Crippen LogP contribution in [-0.2, 0) is 0 Å². The lowest BCUT2D eigenvalue weighted by Gasteiger charge is -2.26. The second-order valence-electron chi connectivity index (χ2n) is 15.1. The zero-order valence-corrected chi connectivity index (χ0v) is 33.1. The maximum absolute atomic E-state index is 6.49. The lowest BCUT2D eigenvalue weighted by Crippen LogP contribution is -2.09. The Balaban J connectivity index is 0.911. The zero-order chi connectivity index (χ0) is 39.6. The highest BCUT2D eigenvalue weighted by Gasteiger charge is 2.18. The van der Waals surface area contributed by atoms with E-state index in [9.17, 15) is 0 Å². The monoisotopic (exact) mass is 786 g/mol. The Morgan fingerprint density at radius 2 is 0.900 bits per heavy atom. The molecule has 0 aliphatic rings. The maximum Gasteiger partial charge on any atom is 0.137 e. The van der Waals surface area contributed by atoms with Gasteiger partial charge in [0, 0.05) is 38.8 Å². The van der Waals surface area contributed by atoms with E-state index in [4.69, 9.17) is 13.8 Å². The van der Waals surface area contributed by atoms with E-state index in [0.29, 0.717) is 0 Å². The molecule has 9 aromatic carbocycles. The highest BCUT2D eigenvalue weighted by Crippen LogP contribution is 2.42. The Bertz CT molecular complexity index is 3510. The molecule has 60 heavy (non-hydrogen) atoms. The fourth-order valence-electron chi connectivity index (χ4n) is 8.63. The smallest absolute Gasteiger partial charge is 0.137 e. The first-order valence-electron chi connectivity index (χ1n) is 20.1. The van der Waals surface area contributed by atoms with Crippen LogP contribution in [0.4, 0.5) is 17.1 Å². The van der Waals surface area contributed by atoms with E-state index in [0.717, 1.165) is 104 Å². The van der Waals surface area contributed by atoms with E-state index in [-0.39, 0.29) is 0 Å². The summed E-state index contributed by atoms with van der Waals surface area (Å²) >= 11 is 1.72. The summed E-state index contributed by atoms with van der Waals surface area (Å²) in [4.78, 5) is 7.42. The normalized spacial score (nSPS) is 11.7. The number of anilines is 3. The van der Waals surface area contributed by atoms with Crippen LogP contribution in [0.5, 0.6) is 0 Å². The van der Waals surface area contributed by atoms with Gasteiger partial charge in [0.05, 0.1) is 15.6 Å². The number of nitrogens with zero attached hydrogens (tertiary/aromatic N) is 2. The van der Waals surface area contributed by atoms with Gasteiger partial charge in [0.15, 0.2) is 0 Å². The molecule has 3 aromatic heterocycles. The molecule has 0 aliphatic heterocycles. The quantitative estimate of drug-likeness (QED) is 0.161. The molecule has 0 fully saturated rings. The van der Waals surface area contributed by atoms with Gasteiger partial charge in [0.1, 0.15) is 27.3 Å². The summed E-state index contributed by atoms with van der Waals surface area (Å²) in [5.41, 5.74) is 15.7. The van der Waals surface area contributed by atoms with Gasteiger partial charge in [-0.25, -0.2) is 4.98 Å². The fraction of sp³-hybridized carbons (Fsp3) is 0. The van der Waals surface area contributed by atoms with Crippen molar-refractivity contribution in [1.29, 1.82) is 0 Å². The van der Waals surface area contributed by atoms with E-state index in [1.807, 2.05) is 24.3 Å². The van der Waals surface area contributed by atoms with Crippen LogP contribution in [0.3, 0.4) is 0 Å². The van der Waals surface area contributed by atoms with Crippen LogP contribution >= 0.6 is 11.3 Å². The zero-order valence-electron chi connectivity index (χ0n) is 32.2. The third kappa shape index (κ3) is 5.78. The van der Waals surface area contributed by atoms with Crippen molar-refractivity contribution in [2.75, 3.05) is 4.90 Å². The van der Waals surface area contributed by atoms with Crippen molar-refractivity contribution in [3.63, 3.8) is 0 Å².